The van der Waals surface area contributed by atoms with Crippen molar-refractivity contribution in [3.05, 3.63) is 48.6 Å². The summed E-state index contributed by atoms with van der Waals surface area (Å²) >= 11 is 0. The molecule has 0 atom stereocenters. The van der Waals surface area contributed by atoms with Gasteiger partial charge in [0, 0.05) is 5.56 Å². The lowest BCUT2D eigenvalue weighted by Gasteiger charge is -1.93. The van der Waals surface area contributed by atoms with Gasteiger partial charge in [-0.25, -0.2) is 4.39 Å². The minimum atomic E-state index is -0.183. The summed E-state index contributed by atoms with van der Waals surface area (Å²) in [5, 5.41) is 0. The largest absolute Gasteiger partial charge is 0.206 e. The molecule has 1 rings (SSSR count). The van der Waals surface area contributed by atoms with Crippen molar-refractivity contribution in [2.75, 3.05) is 0 Å². The maximum Gasteiger partial charge on any atom is 0.130 e. The summed E-state index contributed by atoms with van der Waals surface area (Å²) in [6, 6.07) is 6.67. The van der Waals surface area contributed by atoms with E-state index in [1.165, 1.54) is 6.07 Å². The highest BCUT2D eigenvalue weighted by atomic mass is 19.1. The molecule has 0 saturated carbocycles. The van der Waals surface area contributed by atoms with Gasteiger partial charge in [-0.15, -0.1) is 0 Å². The van der Waals surface area contributed by atoms with Gasteiger partial charge in [-0.2, -0.15) is 0 Å². The normalized spacial score (nSPS) is 10.7. The van der Waals surface area contributed by atoms with Crippen LogP contribution in [0, 0.1) is 12.7 Å². The molecule has 57 valence electrons. The Labute approximate surface area is 66.4 Å². The van der Waals surface area contributed by atoms with E-state index in [0.29, 0.717) is 12.0 Å². The quantitative estimate of drug-likeness (QED) is 0.606. The number of hydrogen-bond acceptors (Lipinski definition) is 0. The van der Waals surface area contributed by atoms with E-state index < -0.39 is 0 Å². The lowest BCUT2D eigenvalue weighted by atomic mass is 10.2. The van der Waals surface area contributed by atoms with E-state index in [-0.39, 0.29) is 5.82 Å². The zero-order valence-corrected chi connectivity index (χ0v) is 6.26. The Morgan fingerprint density at radius 3 is 2.73 bits per heavy atom. The van der Waals surface area contributed by atoms with Gasteiger partial charge in [-0.1, -0.05) is 30.4 Å². The van der Waals surface area contributed by atoms with Gasteiger partial charge < -0.3 is 0 Å². The summed E-state index contributed by atoms with van der Waals surface area (Å²) < 4.78 is 12.8. The van der Waals surface area contributed by atoms with E-state index in [1.54, 1.807) is 18.2 Å². The third-order valence-corrected chi connectivity index (χ3v) is 1.37. The van der Waals surface area contributed by atoms with Crippen LogP contribution < -0.4 is 0 Å². The Kier molecular flexibility index (Phi) is 2.84. The highest BCUT2D eigenvalue weighted by Crippen LogP contribution is 2.07. The Morgan fingerprint density at radius 2 is 2.09 bits per heavy atom. The number of rotatable bonds is 2. The van der Waals surface area contributed by atoms with Crippen molar-refractivity contribution in [3.8, 4) is 0 Å². The van der Waals surface area contributed by atoms with E-state index >= 15 is 0 Å². The lowest BCUT2D eigenvalue weighted by molar-refractivity contribution is 0.625. The van der Waals surface area contributed by atoms with Crippen LogP contribution in [0.1, 0.15) is 12.0 Å². The van der Waals surface area contributed by atoms with Crippen LogP contribution in [0.4, 0.5) is 4.39 Å². The Bertz CT molecular complexity index is 251. The molecule has 0 nitrogen and oxygen atoms in total. The van der Waals surface area contributed by atoms with Gasteiger partial charge in [0.05, 0.1) is 0 Å². The van der Waals surface area contributed by atoms with Crippen molar-refractivity contribution in [2.45, 2.75) is 6.42 Å². The molecule has 1 aromatic carbocycles. The van der Waals surface area contributed by atoms with Gasteiger partial charge in [-0.3, -0.25) is 0 Å². The molecule has 0 spiro atoms. The molecule has 0 heterocycles. The number of hydrogen-bond donors (Lipinski definition) is 0. The molecule has 0 aromatic heterocycles. The number of halogens is 1. The molecule has 1 radical (unpaired) electrons. The van der Waals surface area contributed by atoms with Gasteiger partial charge in [0.25, 0.3) is 0 Å². The number of benzene rings is 1. The first kappa shape index (κ1) is 7.99. The lowest BCUT2D eigenvalue weighted by Crippen LogP contribution is -1.78. The fourth-order valence-corrected chi connectivity index (χ4v) is 0.821. The minimum Gasteiger partial charge on any atom is -0.206 e. The summed E-state index contributed by atoms with van der Waals surface area (Å²) in [5.74, 6) is -0.183. The Balaban J connectivity index is 2.86. The molecular weight excluding hydrogens is 139 g/mol. The molecule has 0 N–H and O–H groups in total. The predicted octanol–water partition coefficient (Wildman–Crippen LogP) is 3.06. The molecule has 0 bridgehead atoms. The van der Waals surface area contributed by atoms with Crippen molar-refractivity contribution in [3.63, 3.8) is 0 Å². The zero-order chi connectivity index (χ0) is 8.10. The van der Waals surface area contributed by atoms with E-state index in [4.69, 9.17) is 0 Å². The van der Waals surface area contributed by atoms with E-state index in [1.807, 2.05) is 12.1 Å². The molecule has 0 unspecified atom stereocenters. The topological polar surface area (TPSA) is 0 Å². The van der Waals surface area contributed by atoms with Crippen LogP contribution in [-0.4, -0.2) is 0 Å². The molecule has 0 amide bonds. The van der Waals surface area contributed by atoms with Gasteiger partial charge in [0.2, 0.25) is 0 Å². The van der Waals surface area contributed by atoms with Gasteiger partial charge in [0.1, 0.15) is 5.82 Å². The molecule has 11 heavy (non-hydrogen) atoms. The minimum absolute atomic E-state index is 0.183. The fraction of sp³-hybridized carbons (Fsp3) is 0.100. The second-order valence-electron chi connectivity index (χ2n) is 2.21. The predicted molar refractivity (Wildman–Crippen MR) is 45.4 cm³/mol. The molecule has 0 saturated heterocycles. The second kappa shape index (κ2) is 3.91. The summed E-state index contributed by atoms with van der Waals surface area (Å²) in [5.41, 5.74) is 0.621. The Morgan fingerprint density at radius 1 is 1.36 bits per heavy atom. The second-order valence-corrected chi connectivity index (χ2v) is 2.21. The van der Waals surface area contributed by atoms with E-state index in [2.05, 4.69) is 6.92 Å². The van der Waals surface area contributed by atoms with Crippen LogP contribution in [0.2, 0.25) is 0 Å². The first-order valence-corrected chi connectivity index (χ1v) is 3.55. The summed E-state index contributed by atoms with van der Waals surface area (Å²) in [6.07, 6.45) is 4.26. The highest BCUT2D eigenvalue weighted by Gasteiger charge is 1.92. The molecular formula is C10H10F. The van der Waals surface area contributed by atoms with Gasteiger partial charge >= 0.3 is 0 Å². The summed E-state index contributed by atoms with van der Waals surface area (Å²) in [4.78, 5) is 0. The molecule has 0 aliphatic heterocycles. The van der Waals surface area contributed by atoms with Crippen LogP contribution >= 0.6 is 0 Å². The first-order valence-electron chi connectivity index (χ1n) is 3.55. The van der Waals surface area contributed by atoms with Crippen molar-refractivity contribution < 1.29 is 4.39 Å². The van der Waals surface area contributed by atoms with Crippen LogP contribution in [-0.2, 0) is 0 Å². The fourth-order valence-electron chi connectivity index (χ4n) is 0.821. The third kappa shape index (κ3) is 2.19. The molecule has 0 aliphatic rings. The van der Waals surface area contributed by atoms with Crippen molar-refractivity contribution >= 4 is 6.08 Å². The van der Waals surface area contributed by atoms with Gasteiger partial charge in [0.15, 0.2) is 0 Å². The summed E-state index contributed by atoms with van der Waals surface area (Å²) in [7, 11) is 0. The third-order valence-electron chi connectivity index (χ3n) is 1.37. The van der Waals surface area contributed by atoms with E-state index in [0.717, 1.165) is 0 Å². The molecule has 0 aliphatic carbocycles. The zero-order valence-electron chi connectivity index (χ0n) is 6.26. The first-order chi connectivity index (χ1) is 5.34. The standard InChI is InChI=1S/C10H10F/c1-2-3-6-9-7-4-5-8-10(9)11/h3-8H,1-2H2. The van der Waals surface area contributed by atoms with Crippen molar-refractivity contribution in [1.82, 2.24) is 0 Å². The average molecular weight is 149 g/mol. The summed E-state index contributed by atoms with van der Waals surface area (Å²) in [6.45, 7) is 3.62. The van der Waals surface area contributed by atoms with E-state index in [9.17, 15) is 4.39 Å². The van der Waals surface area contributed by atoms with Crippen LogP contribution in [0.3, 0.4) is 0 Å². The van der Waals surface area contributed by atoms with Crippen molar-refractivity contribution in [2.24, 2.45) is 0 Å². The average Bonchev–Trinajstić information content (AvgIpc) is 2.03. The Hall–Kier alpha value is -1.11. The maximum absolute atomic E-state index is 12.8. The van der Waals surface area contributed by atoms with Crippen molar-refractivity contribution in [1.29, 1.82) is 0 Å². The van der Waals surface area contributed by atoms with Crippen LogP contribution in [0.25, 0.3) is 6.08 Å². The SMILES string of the molecule is [CH2]CC=Cc1ccccc1F. The smallest absolute Gasteiger partial charge is 0.130 e. The van der Waals surface area contributed by atoms with Gasteiger partial charge in [-0.05, 0) is 19.4 Å². The molecule has 1 heteroatoms. The molecule has 0 fully saturated rings. The monoisotopic (exact) mass is 149 g/mol. The van der Waals surface area contributed by atoms with Crippen LogP contribution in [0.15, 0.2) is 30.3 Å². The van der Waals surface area contributed by atoms with Crippen LogP contribution in [0.5, 0.6) is 0 Å². The maximum atomic E-state index is 12.8. The highest BCUT2D eigenvalue weighted by molar-refractivity contribution is 5.49. The number of allylic oxidation sites excluding steroid dienone is 1. The molecule has 1 aromatic rings.